The van der Waals surface area contributed by atoms with Crippen molar-refractivity contribution in [1.82, 2.24) is 0 Å². The van der Waals surface area contributed by atoms with Crippen LogP contribution in [-0.2, 0) is 6.42 Å². The minimum Gasteiger partial charge on any atom is -0.0654 e. The molecule has 4 atom stereocenters. The van der Waals surface area contributed by atoms with Crippen molar-refractivity contribution in [2.75, 3.05) is 0 Å². The first-order valence-electron chi connectivity index (χ1n) is 13.5. The fraction of sp³-hybridized carbons (Fsp3) is 0.562. The molecule has 0 saturated heterocycles. The highest BCUT2D eigenvalue weighted by Gasteiger charge is 2.35. The van der Waals surface area contributed by atoms with Gasteiger partial charge in [0.2, 0.25) is 0 Å². The predicted octanol–water partition coefficient (Wildman–Crippen LogP) is 8.92. The van der Waals surface area contributed by atoms with E-state index in [-0.39, 0.29) is 0 Å². The van der Waals surface area contributed by atoms with E-state index in [1.54, 1.807) is 5.56 Å². The number of hydrogen-bond acceptors (Lipinski definition) is 0. The Morgan fingerprint density at radius 3 is 2.03 bits per heavy atom. The van der Waals surface area contributed by atoms with Gasteiger partial charge in [0.05, 0.1) is 0 Å². The molecule has 2 saturated carbocycles. The van der Waals surface area contributed by atoms with Gasteiger partial charge in [-0.25, -0.2) is 0 Å². The van der Waals surface area contributed by atoms with Crippen LogP contribution >= 0.6 is 0 Å². The summed E-state index contributed by atoms with van der Waals surface area (Å²) >= 11 is 0. The first kappa shape index (κ1) is 23.2. The monoisotopic (exact) mass is 426 g/mol. The van der Waals surface area contributed by atoms with E-state index in [0.717, 1.165) is 41.2 Å². The van der Waals surface area contributed by atoms with Gasteiger partial charge in [0, 0.05) is 11.1 Å². The Morgan fingerprint density at radius 2 is 1.34 bits per heavy atom. The maximum atomic E-state index is 3.35. The van der Waals surface area contributed by atoms with Gasteiger partial charge in [-0.2, -0.15) is 0 Å². The number of rotatable bonds is 7. The van der Waals surface area contributed by atoms with Crippen LogP contribution in [0, 0.1) is 29.6 Å². The number of aryl methyl sites for hydroxylation is 1. The molecular formula is C32H42. The van der Waals surface area contributed by atoms with Crippen LogP contribution in [0.1, 0.15) is 113 Å². The minimum absolute atomic E-state index is 0.765. The lowest BCUT2D eigenvalue weighted by atomic mass is 9.63. The van der Waals surface area contributed by atoms with Gasteiger partial charge in [0.25, 0.3) is 0 Å². The first-order valence-corrected chi connectivity index (χ1v) is 13.5. The molecule has 0 radical (unpaired) electrons. The van der Waals surface area contributed by atoms with Crippen LogP contribution < -0.4 is 0 Å². The van der Waals surface area contributed by atoms with Crippen LogP contribution in [0.4, 0.5) is 0 Å². The van der Waals surface area contributed by atoms with Gasteiger partial charge in [-0.1, -0.05) is 88.5 Å². The molecule has 0 aliphatic heterocycles. The van der Waals surface area contributed by atoms with Crippen LogP contribution in [-0.4, -0.2) is 0 Å². The van der Waals surface area contributed by atoms with E-state index in [0.29, 0.717) is 0 Å². The van der Waals surface area contributed by atoms with E-state index in [1.165, 1.54) is 76.2 Å². The van der Waals surface area contributed by atoms with E-state index in [9.17, 15) is 0 Å². The standard InChI is InChI=1S/C32H42/c1-3-5-6-7-8-28-17-20-32-24-31(22-21-30(32)23-28)29-18-15-27(16-19-29)14-13-26-11-9-25(4-2)10-12-26/h9-12,15-16,18-19,28,30-32H,3-8,17,20-24H2,1-2H3. The smallest absolute Gasteiger partial charge is 0.0249 e. The zero-order valence-electron chi connectivity index (χ0n) is 20.4. The summed E-state index contributed by atoms with van der Waals surface area (Å²) in [5, 5.41) is 0. The molecule has 4 rings (SSSR count). The average molecular weight is 427 g/mol. The van der Waals surface area contributed by atoms with Crippen molar-refractivity contribution in [1.29, 1.82) is 0 Å². The summed E-state index contributed by atoms with van der Waals surface area (Å²) in [6.45, 7) is 4.51. The molecule has 32 heavy (non-hydrogen) atoms. The summed E-state index contributed by atoms with van der Waals surface area (Å²) in [5.41, 5.74) is 5.15. The molecule has 2 aromatic rings. The molecule has 0 spiro atoms. The van der Waals surface area contributed by atoms with Crippen molar-refractivity contribution in [2.24, 2.45) is 17.8 Å². The second-order valence-electron chi connectivity index (χ2n) is 10.5. The van der Waals surface area contributed by atoms with E-state index >= 15 is 0 Å². The Bertz CT molecular complexity index is 876. The van der Waals surface area contributed by atoms with Gasteiger partial charge < -0.3 is 0 Å². The lowest BCUT2D eigenvalue weighted by molar-refractivity contribution is 0.113. The quantitative estimate of drug-likeness (QED) is 0.306. The molecule has 0 nitrogen and oxygen atoms in total. The Balaban J connectivity index is 1.28. The van der Waals surface area contributed by atoms with Gasteiger partial charge in [0.15, 0.2) is 0 Å². The molecule has 0 N–H and O–H groups in total. The fourth-order valence-corrected chi connectivity index (χ4v) is 6.22. The number of fused-ring (bicyclic) bond motifs is 1. The first-order chi connectivity index (χ1) is 15.7. The van der Waals surface area contributed by atoms with Crippen LogP contribution in [0.2, 0.25) is 0 Å². The van der Waals surface area contributed by atoms with Crippen molar-refractivity contribution in [2.45, 2.75) is 96.8 Å². The fourth-order valence-electron chi connectivity index (χ4n) is 6.22. The molecule has 0 bridgehead atoms. The summed E-state index contributed by atoms with van der Waals surface area (Å²) in [4.78, 5) is 0. The van der Waals surface area contributed by atoms with Crippen molar-refractivity contribution >= 4 is 0 Å². The molecule has 2 aromatic carbocycles. The van der Waals surface area contributed by atoms with Gasteiger partial charge >= 0.3 is 0 Å². The van der Waals surface area contributed by atoms with Crippen molar-refractivity contribution in [3.05, 3.63) is 70.8 Å². The largest absolute Gasteiger partial charge is 0.0654 e. The van der Waals surface area contributed by atoms with E-state index in [2.05, 4.69) is 74.2 Å². The lowest BCUT2D eigenvalue weighted by Crippen LogP contribution is -2.30. The molecule has 0 aromatic heterocycles. The van der Waals surface area contributed by atoms with Crippen molar-refractivity contribution in [3.8, 4) is 11.8 Å². The third-order valence-corrected chi connectivity index (χ3v) is 8.28. The second-order valence-corrected chi connectivity index (χ2v) is 10.5. The van der Waals surface area contributed by atoms with Crippen LogP contribution in [0.5, 0.6) is 0 Å². The number of hydrogen-bond donors (Lipinski definition) is 0. The summed E-state index contributed by atoms with van der Waals surface area (Å²) in [6.07, 6.45) is 17.1. The molecule has 0 heterocycles. The minimum atomic E-state index is 0.765. The Kier molecular flexibility index (Phi) is 8.50. The highest BCUT2D eigenvalue weighted by atomic mass is 14.4. The van der Waals surface area contributed by atoms with Gasteiger partial charge in [-0.3, -0.25) is 0 Å². The Hall–Kier alpha value is -2.00. The predicted molar refractivity (Wildman–Crippen MR) is 138 cm³/mol. The Morgan fingerprint density at radius 1 is 0.688 bits per heavy atom. The van der Waals surface area contributed by atoms with Crippen LogP contribution in [0.25, 0.3) is 0 Å². The molecule has 2 aliphatic carbocycles. The third-order valence-electron chi connectivity index (χ3n) is 8.28. The molecule has 2 aliphatic rings. The van der Waals surface area contributed by atoms with Gasteiger partial charge in [-0.05, 0) is 97.6 Å². The highest BCUT2D eigenvalue weighted by molar-refractivity contribution is 5.44. The molecule has 0 amide bonds. The lowest BCUT2D eigenvalue weighted by Gasteiger charge is -2.42. The van der Waals surface area contributed by atoms with Crippen molar-refractivity contribution in [3.63, 3.8) is 0 Å². The Labute approximate surface area is 197 Å². The van der Waals surface area contributed by atoms with E-state index in [1.807, 2.05) is 0 Å². The third kappa shape index (κ3) is 6.28. The number of unbranched alkanes of at least 4 members (excludes halogenated alkanes) is 3. The van der Waals surface area contributed by atoms with Crippen molar-refractivity contribution < 1.29 is 0 Å². The van der Waals surface area contributed by atoms with Gasteiger partial charge in [0.1, 0.15) is 0 Å². The zero-order valence-corrected chi connectivity index (χ0v) is 20.4. The van der Waals surface area contributed by atoms with Crippen LogP contribution in [0.15, 0.2) is 48.5 Å². The summed E-state index contributed by atoms with van der Waals surface area (Å²) in [7, 11) is 0. The molecule has 170 valence electrons. The maximum Gasteiger partial charge on any atom is 0.0249 e. The molecule has 0 heteroatoms. The summed E-state index contributed by atoms with van der Waals surface area (Å²) in [5.74, 6) is 10.5. The van der Waals surface area contributed by atoms with Crippen LogP contribution in [0.3, 0.4) is 0 Å². The molecular weight excluding hydrogens is 384 g/mol. The SMILES string of the molecule is CCCCCCC1CCC2CC(c3ccc(C#Cc4ccc(CC)cc4)cc3)CCC2C1. The normalized spacial score (nSPS) is 24.9. The molecule has 4 unspecified atom stereocenters. The number of benzene rings is 2. The maximum absolute atomic E-state index is 3.35. The topological polar surface area (TPSA) is 0 Å². The average Bonchev–Trinajstić information content (AvgIpc) is 2.85. The summed E-state index contributed by atoms with van der Waals surface area (Å²) in [6, 6.07) is 17.8. The zero-order chi connectivity index (χ0) is 22.2. The van der Waals surface area contributed by atoms with E-state index < -0.39 is 0 Å². The van der Waals surface area contributed by atoms with Gasteiger partial charge in [-0.15, -0.1) is 0 Å². The second kappa shape index (κ2) is 11.7. The highest BCUT2D eigenvalue weighted by Crippen LogP contribution is 2.48. The summed E-state index contributed by atoms with van der Waals surface area (Å²) < 4.78 is 0. The van der Waals surface area contributed by atoms with E-state index in [4.69, 9.17) is 0 Å². The molecule has 2 fully saturated rings.